The Kier molecular flexibility index (Phi) is 5.38. The Morgan fingerprint density at radius 2 is 2.00 bits per heavy atom. The number of aliphatic hydroxyl groups excluding tert-OH is 1. The third-order valence-electron chi connectivity index (χ3n) is 3.38. The molecule has 1 aromatic rings. The molecule has 1 aliphatic rings. The van der Waals surface area contributed by atoms with Crippen LogP contribution >= 0.6 is 0 Å². The number of nitrogens with zero attached hydrogens (tertiary/aromatic N) is 4. The molecule has 118 valence electrons. The van der Waals surface area contributed by atoms with Crippen molar-refractivity contribution in [2.75, 3.05) is 51.3 Å². The van der Waals surface area contributed by atoms with E-state index in [0.717, 1.165) is 11.5 Å². The van der Waals surface area contributed by atoms with E-state index in [-0.39, 0.29) is 0 Å². The fourth-order valence-electron chi connectivity index (χ4n) is 2.30. The zero-order valence-corrected chi connectivity index (χ0v) is 12.0. The molecule has 0 aliphatic carbocycles. The third-order valence-corrected chi connectivity index (χ3v) is 3.38. The first-order valence-corrected chi connectivity index (χ1v) is 6.80. The van der Waals surface area contributed by atoms with Gasteiger partial charge in [-0.1, -0.05) is 0 Å². The number of hydrogen-bond acceptors (Lipinski definition) is 6. The second kappa shape index (κ2) is 7.06. The molecular formula is C13H20F2N4O2. The van der Waals surface area contributed by atoms with Crippen molar-refractivity contribution in [1.29, 1.82) is 0 Å². The molecule has 21 heavy (non-hydrogen) atoms. The van der Waals surface area contributed by atoms with E-state index in [9.17, 15) is 8.78 Å². The van der Waals surface area contributed by atoms with Crippen LogP contribution < -0.4 is 4.90 Å². The average Bonchev–Trinajstić information content (AvgIpc) is 2.48. The molecule has 1 N–H and O–H groups in total. The number of ether oxygens (including phenoxy) is 1. The Hall–Kier alpha value is -1.38. The van der Waals surface area contributed by atoms with Gasteiger partial charge in [-0.25, -0.2) is 18.7 Å². The van der Waals surface area contributed by atoms with Gasteiger partial charge in [0, 0.05) is 39.4 Å². The lowest BCUT2D eigenvalue weighted by molar-refractivity contribution is -0.0733. The second-order valence-electron chi connectivity index (χ2n) is 5.08. The van der Waals surface area contributed by atoms with Crippen molar-refractivity contribution in [2.45, 2.75) is 12.5 Å². The minimum Gasteiger partial charge on any atom is -0.390 e. The van der Waals surface area contributed by atoms with E-state index in [4.69, 9.17) is 9.84 Å². The van der Waals surface area contributed by atoms with Gasteiger partial charge in [0.1, 0.15) is 18.8 Å². The molecule has 1 aromatic heterocycles. The van der Waals surface area contributed by atoms with Crippen molar-refractivity contribution in [3.8, 4) is 0 Å². The minimum absolute atomic E-state index is 0.407. The van der Waals surface area contributed by atoms with Gasteiger partial charge < -0.3 is 14.7 Å². The van der Waals surface area contributed by atoms with Gasteiger partial charge in [-0.2, -0.15) is 0 Å². The van der Waals surface area contributed by atoms with E-state index in [0.29, 0.717) is 32.8 Å². The van der Waals surface area contributed by atoms with E-state index in [2.05, 4.69) is 9.97 Å². The molecule has 0 spiro atoms. The summed E-state index contributed by atoms with van der Waals surface area (Å²) in [6, 6.07) is 1.85. The molecule has 0 atom stereocenters. The molecular weight excluding hydrogens is 282 g/mol. The molecule has 1 saturated heterocycles. The van der Waals surface area contributed by atoms with Crippen LogP contribution in [0.15, 0.2) is 12.4 Å². The fourth-order valence-corrected chi connectivity index (χ4v) is 2.30. The van der Waals surface area contributed by atoms with Crippen molar-refractivity contribution < 1.29 is 18.6 Å². The zero-order valence-electron chi connectivity index (χ0n) is 12.0. The normalized spacial score (nSPS) is 17.2. The van der Waals surface area contributed by atoms with E-state index in [1.54, 1.807) is 12.0 Å². The number of aromatic nitrogens is 2. The zero-order chi connectivity index (χ0) is 15.3. The maximum Gasteiger partial charge on any atom is 0.283 e. The smallest absolute Gasteiger partial charge is 0.283 e. The Balaban J connectivity index is 1.90. The summed E-state index contributed by atoms with van der Waals surface area (Å²) >= 11 is 0. The monoisotopic (exact) mass is 302 g/mol. The maximum absolute atomic E-state index is 13.2. The van der Waals surface area contributed by atoms with Gasteiger partial charge in [0.05, 0.1) is 18.8 Å². The summed E-state index contributed by atoms with van der Waals surface area (Å²) in [4.78, 5) is 12.0. The second-order valence-corrected chi connectivity index (χ2v) is 5.08. The number of alkyl halides is 2. The van der Waals surface area contributed by atoms with E-state index < -0.39 is 19.1 Å². The molecule has 8 heteroatoms. The predicted molar refractivity (Wildman–Crippen MR) is 73.4 cm³/mol. The van der Waals surface area contributed by atoms with Gasteiger partial charge >= 0.3 is 0 Å². The molecule has 0 bridgehead atoms. The first-order chi connectivity index (χ1) is 10.0. The Bertz CT molecular complexity index is 454. The largest absolute Gasteiger partial charge is 0.390 e. The van der Waals surface area contributed by atoms with E-state index in [1.165, 1.54) is 6.33 Å². The standard InChI is InChI=1S/C13H20F2N4O2/c1-21-7-11-6-12(17-10-16-11)19-4-2-18(3-5-19)8-13(14,15)9-20/h6,10,20H,2-5,7-9H2,1H3. The number of methoxy groups -OCH3 is 1. The van der Waals surface area contributed by atoms with E-state index in [1.807, 2.05) is 11.0 Å². The lowest BCUT2D eigenvalue weighted by Crippen LogP contribution is -2.50. The van der Waals surface area contributed by atoms with Crippen LogP contribution in [-0.4, -0.2) is 72.3 Å². The van der Waals surface area contributed by atoms with Gasteiger partial charge in [0.15, 0.2) is 0 Å². The molecule has 0 unspecified atom stereocenters. The molecule has 0 amide bonds. The quantitative estimate of drug-likeness (QED) is 0.819. The maximum atomic E-state index is 13.2. The number of anilines is 1. The van der Waals surface area contributed by atoms with Gasteiger partial charge in [0.25, 0.3) is 5.92 Å². The van der Waals surface area contributed by atoms with Gasteiger partial charge in [-0.3, -0.25) is 4.90 Å². The molecule has 2 heterocycles. The molecule has 0 saturated carbocycles. The molecule has 1 fully saturated rings. The Morgan fingerprint density at radius 3 is 2.62 bits per heavy atom. The molecule has 2 rings (SSSR count). The highest BCUT2D eigenvalue weighted by Gasteiger charge is 2.32. The van der Waals surface area contributed by atoms with Crippen LogP contribution in [0, 0.1) is 0 Å². The van der Waals surface area contributed by atoms with Crippen molar-refractivity contribution in [1.82, 2.24) is 14.9 Å². The number of halogens is 2. The highest BCUT2D eigenvalue weighted by molar-refractivity contribution is 5.39. The first-order valence-electron chi connectivity index (χ1n) is 6.80. The van der Waals surface area contributed by atoms with Gasteiger partial charge in [-0.05, 0) is 0 Å². The summed E-state index contributed by atoms with van der Waals surface area (Å²) in [6.07, 6.45) is 1.48. The summed E-state index contributed by atoms with van der Waals surface area (Å²) in [5, 5.41) is 8.62. The molecule has 1 aliphatic heterocycles. The van der Waals surface area contributed by atoms with Gasteiger partial charge in [0.2, 0.25) is 0 Å². The number of piperazine rings is 1. The van der Waals surface area contributed by atoms with Crippen molar-refractivity contribution in [3.63, 3.8) is 0 Å². The summed E-state index contributed by atoms with van der Waals surface area (Å²) in [6.45, 7) is 1.15. The van der Waals surface area contributed by atoms with Gasteiger partial charge in [-0.15, -0.1) is 0 Å². The summed E-state index contributed by atoms with van der Waals surface area (Å²) in [5.74, 6) is -2.26. The van der Waals surface area contributed by atoms with Crippen LogP contribution in [0.25, 0.3) is 0 Å². The lowest BCUT2D eigenvalue weighted by atomic mass is 10.2. The van der Waals surface area contributed by atoms with Crippen molar-refractivity contribution in [3.05, 3.63) is 18.1 Å². The van der Waals surface area contributed by atoms with Crippen LogP contribution in [-0.2, 0) is 11.3 Å². The molecule has 0 radical (unpaired) electrons. The Morgan fingerprint density at radius 1 is 1.29 bits per heavy atom. The Labute approximate surface area is 122 Å². The van der Waals surface area contributed by atoms with Crippen molar-refractivity contribution >= 4 is 5.82 Å². The van der Waals surface area contributed by atoms with Crippen LogP contribution in [0.4, 0.5) is 14.6 Å². The van der Waals surface area contributed by atoms with Crippen LogP contribution in [0.1, 0.15) is 5.69 Å². The fraction of sp³-hybridized carbons (Fsp3) is 0.692. The van der Waals surface area contributed by atoms with Crippen LogP contribution in [0.3, 0.4) is 0 Å². The van der Waals surface area contributed by atoms with Crippen LogP contribution in [0.2, 0.25) is 0 Å². The highest BCUT2D eigenvalue weighted by atomic mass is 19.3. The number of rotatable bonds is 6. The third kappa shape index (κ3) is 4.55. The SMILES string of the molecule is COCc1cc(N2CCN(CC(F)(F)CO)CC2)ncn1. The highest BCUT2D eigenvalue weighted by Crippen LogP contribution is 2.18. The van der Waals surface area contributed by atoms with E-state index >= 15 is 0 Å². The molecule has 6 nitrogen and oxygen atoms in total. The first kappa shape index (κ1) is 16.0. The number of hydrogen-bond donors (Lipinski definition) is 1. The predicted octanol–water partition coefficient (Wildman–Crippen LogP) is 0.373. The van der Waals surface area contributed by atoms with Crippen LogP contribution in [0.5, 0.6) is 0 Å². The summed E-state index contributed by atoms with van der Waals surface area (Å²) < 4.78 is 31.3. The van der Waals surface area contributed by atoms with Crippen molar-refractivity contribution in [2.24, 2.45) is 0 Å². The minimum atomic E-state index is -3.04. The lowest BCUT2D eigenvalue weighted by Gasteiger charge is -2.36. The summed E-state index contributed by atoms with van der Waals surface area (Å²) in [7, 11) is 1.60. The summed E-state index contributed by atoms with van der Waals surface area (Å²) in [5.41, 5.74) is 0.789. The topological polar surface area (TPSA) is 61.7 Å². The molecule has 0 aromatic carbocycles. The average molecular weight is 302 g/mol. The number of aliphatic hydroxyl groups is 1.